The summed E-state index contributed by atoms with van der Waals surface area (Å²) < 4.78 is 3.92. The van der Waals surface area contributed by atoms with E-state index in [2.05, 4.69) is 23.7 Å². The number of aromatic nitrogens is 1. The predicted molar refractivity (Wildman–Crippen MR) is 89.4 cm³/mol. The summed E-state index contributed by atoms with van der Waals surface area (Å²) in [6, 6.07) is 4.23. The molecule has 1 saturated carbocycles. The van der Waals surface area contributed by atoms with Gasteiger partial charge in [0.15, 0.2) is 0 Å². The first kappa shape index (κ1) is 14.9. The molecule has 0 saturated heterocycles. The molecule has 0 bridgehead atoms. The van der Waals surface area contributed by atoms with Crippen molar-refractivity contribution in [3.8, 4) is 0 Å². The normalized spacial score (nSPS) is 22.6. The van der Waals surface area contributed by atoms with Crippen molar-refractivity contribution < 1.29 is 4.79 Å². The standard InChI is InChI=1S/C16H21ClN2OS/c1-3-19-12-9-15(17)21-14(12)8-13(19)16(20)18-11-7-5-4-6-10(11)2/h8-11H,3-7H2,1-2H3,(H,18,20). The molecule has 114 valence electrons. The van der Waals surface area contributed by atoms with Gasteiger partial charge in [-0.05, 0) is 37.8 Å². The first-order valence-electron chi connectivity index (χ1n) is 7.69. The Balaban J connectivity index is 1.85. The smallest absolute Gasteiger partial charge is 0.268 e. The summed E-state index contributed by atoms with van der Waals surface area (Å²) in [5, 5.41) is 3.24. The minimum absolute atomic E-state index is 0.0510. The van der Waals surface area contributed by atoms with E-state index in [4.69, 9.17) is 11.6 Å². The summed E-state index contributed by atoms with van der Waals surface area (Å²) in [6.45, 7) is 5.08. The fraction of sp³-hybridized carbons (Fsp3) is 0.562. The second kappa shape index (κ2) is 6.01. The SMILES string of the molecule is CCn1c(C(=O)NC2CCCCC2C)cc2sc(Cl)cc21. The van der Waals surface area contributed by atoms with Crippen LogP contribution in [0.4, 0.5) is 0 Å². The molecule has 0 spiro atoms. The minimum Gasteiger partial charge on any atom is -0.348 e. The molecular formula is C16H21ClN2OS. The minimum atomic E-state index is 0.0510. The van der Waals surface area contributed by atoms with Gasteiger partial charge in [-0.2, -0.15) is 0 Å². The Kier molecular flexibility index (Phi) is 4.27. The molecule has 1 aliphatic carbocycles. The maximum atomic E-state index is 12.6. The van der Waals surface area contributed by atoms with Crippen molar-refractivity contribution in [1.29, 1.82) is 0 Å². The van der Waals surface area contributed by atoms with E-state index in [0.717, 1.165) is 33.2 Å². The number of amides is 1. The maximum Gasteiger partial charge on any atom is 0.268 e. The molecule has 2 aromatic heterocycles. The third-order valence-electron chi connectivity index (χ3n) is 4.54. The van der Waals surface area contributed by atoms with Crippen LogP contribution in [0.25, 0.3) is 10.2 Å². The average molecular weight is 325 g/mol. The summed E-state index contributed by atoms with van der Waals surface area (Å²) in [5.41, 5.74) is 1.82. The van der Waals surface area contributed by atoms with Crippen LogP contribution in [0.15, 0.2) is 12.1 Å². The monoisotopic (exact) mass is 324 g/mol. The number of aryl methyl sites for hydroxylation is 1. The van der Waals surface area contributed by atoms with Gasteiger partial charge in [0.05, 0.1) is 14.6 Å². The largest absolute Gasteiger partial charge is 0.348 e. The van der Waals surface area contributed by atoms with Gasteiger partial charge in [-0.1, -0.05) is 31.4 Å². The highest BCUT2D eigenvalue weighted by Gasteiger charge is 2.25. The fourth-order valence-corrected chi connectivity index (χ4v) is 4.49. The number of carbonyl (C=O) groups is 1. The van der Waals surface area contributed by atoms with E-state index in [1.165, 1.54) is 30.6 Å². The highest BCUT2D eigenvalue weighted by atomic mass is 35.5. The Morgan fingerprint density at radius 1 is 1.43 bits per heavy atom. The Morgan fingerprint density at radius 3 is 2.90 bits per heavy atom. The van der Waals surface area contributed by atoms with Crippen molar-refractivity contribution in [2.45, 2.75) is 52.1 Å². The predicted octanol–water partition coefficient (Wildman–Crippen LogP) is 4.68. The number of hydrogen-bond donors (Lipinski definition) is 1. The van der Waals surface area contributed by atoms with Crippen LogP contribution in [0, 0.1) is 5.92 Å². The Bertz CT molecular complexity index is 661. The van der Waals surface area contributed by atoms with Crippen molar-refractivity contribution in [3.05, 3.63) is 22.2 Å². The molecule has 3 nitrogen and oxygen atoms in total. The quantitative estimate of drug-likeness (QED) is 0.873. The Morgan fingerprint density at radius 2 is 2.19 bits per heavy atom. The molecule has 5 heteroatoms. The highest BCUT2D eigenvalue weighted by Crippen LogP contribution is 2.32. The number of hydrogen-bond acceptors (Lipinski definition) is 2. The third kappa shape index (κ3) is 2.84. The van der Waals surface area contributed by atoms with Gasteiger partial charge in [0.2, 0.25) is 0 Å². The van der Waals surface area contributed by atoms with Gasteiger partial charge in [0.1, 0.15) is 5.69 Å². The van der Waals surface area contributed by atoms with E-state index in [9.17, 15) is 4.79 Å². The molecule has 21 heavy (non-hydrogen) atoms. The molecule has 1 fully saturated rings. The molecule has 2 atom stereocenters. The van der Waals surface area contributed by atoms with Crippen LogP contribution in [-0.2, 0) is 6.54 Å². The van der Waals surface area contributed by atoms with Gasteiger partial charge in [0.25, 0.3) is 5.91 Å². The Hall–Kier alpha value is -1.00. The van der Waals surface area contributed by atoms with Crippen LogP contribution in [0.5, 0.6) is 0 Å². The van der Waals surface area contributed by atoms with Gasteiger partial charge in [-0.15, -0.1) is 11.3 Å². The molecule has 1 N–H and O–H groups in total. The lowest BCUT2D eigenvalue weighted by atomic mass is 9.86. The van der Waals surface area contributed by atoms with Gasteiger partial charge < -0.3 is 9.88 Å². The van der Waals surface area contributed by atoms with Crippen LogP contribution >= 0.6 is 22.9 Å². The zero-order valence-electron chi connectivity index (χ0n) is 12.5. The number of rotatable bonds is 3. The van der Waals surface area contributed by atoms with Crippen molar-refractivity contribution in [2.24, 2.45) is 5.92 Å². The second-order valence-electron chi connectivity index (χ2n) is 5.92. The fourth-order valence-electron chi connectivity index (χ4n) is 3.31. The molecule has 0 aromatic carbocycles. The van der Waals surface area contributed by atoms with Crippen molar-refractivity contribution in [1.82, 2.24) is 9.88 Å². The number of nitrogens with one attached hydrogen (secondary N) is 1. The van der Waals surface area contributed by atoms with E-state index in [1.54, 1.807) is 0 Å². The van der Waals surface area contributed by atoms with Crippen LogP contribution in [0.2, 0.25) is 4.34 Å². The average Bonchev–Trinajstić information content (AvgIpc) is 2.96. The molecule has 3 rings (SSSR count). The molecule has 1 amide bonds. The lowest BCUT2D eigenvalue weighted by Crippen LogP contribution is -2.41. The molecule has 2 aromatic rings. The maximum absolute atomic E-state index is 12.6. The van der Waals surface area contributed by atoms with Gasteiger partial charge in [-0.25, -0.2) is 0 Å². The van der Waals surface area contributed by atoms with Gasteiger partial charge >= 0.3 is 0 Å². The highest BCUT2D eigenvalue weighted by molar-refractivity contribution is 7.22. The van der Waals surface area contributed by atoms with E-state index < -0.39 is 0 Å². The summed E-state index contributed by atoms with van der Waals surface area (Å²) in [5.74, 6) is 0.624. The van der Waals surface area contributed by atoms with Crippen LogP contribution in [-0.4, -0.2) is 16.5 Å². The van der Waals surface area contributed by atoms with E-state index in [0.29, 0.717) is 12.0 Å². The van der Waals surface area contributed by atoms with Crippen molar-refractivity contribution in [3.63, 3.8) is 0 Å². The molecular weight excluding hydrogens is 304 g/mol. The third-order valence-corrected chi connectivity index (χ3v) is 5.74. The van der Waals surface area contributed by atoms with Gasteiger partial charge in [-0.3, -0.25) is 4.79 Å². The van der Waals surface area contributed by atoms with Crippen LogP contribution in [0.1, 0.15) is 50.0 Å². The van der Waals surface area contributed by atoms with Crippen molar-refractivity contribution in [2.75, 3.05) is 0 Å². The van der Waals surface area contributed by atoms with E-state index in [-0.39, 0.29) is 5.91 Å². The van der Waals surface area contributed by atoms with E-state index in [1.807, 2.05) is 12.1 Å². The molecule has 2 heterocycles. The number of fused-ring (bicyclic) bond motifs is 1. The molecule has 2 unspecified atom stereocenters. The number of nitrogens with zero attached hydrogens (tertiary/aromatic N) is 1. The molecule has 0 aliphatic heterocycles. The summed E-state index contributed by atoms with van der Waals surface area (Å²) in [6.07, 6.45) is 4.81. The van der Waals surface area contributed by atoms with Crippen LogP contribution < -0.4 is 5.32 Å². The van der Waals surface area contributed by atoms with Crippen molar-refractivity contribution >= 4 is 39.1 Å². The van der Waals surface area contributed by atoms with Crippen LogP contribution in [0.3, 0.4) is 0 Å². The molecule has 0 radical (unpaired) electrons. The number of halogens is 1. The summed E-state index contributed by atoms with van der Waals surface area (Å²) in [4.78, 5) is 12.6. The van der Waals surface area contributed by atoms with E-state index >= 15 is 0 Å². The first-order chi connectivity index (χ1) is 10.1. The number of thiophene rings is 1. The first-order valence-corrected chi connectivity index (χ1v) is 8.89. The topological polar surface area (TPSA) is 34.0 Å². The lowest BCUT2D eigenvalue weighted by Gasteiger charge is -2.29. The number of carbonyl (C=O) groups excluding carboxylic acids is 1. The zero-order chi connectivity index (χ0) is 15.0. The van der Waals surface area contributed by atoms with Gasteiger partial charge in [0, 0.05) is 12.6 Å². The second-order valence-corrected chi connectivity index (χ2v) is 7.63. The zero-order valence-corrected chi connectivity index (χ0v) is 14.1. The summed E-state index contributed by atoms with van der Waals surface area (Å²) >= 11 is 7.60. The lowest BCUT2D eigenvalue weighted by molar-refractivity contribution is 0.0901. The Labute approximate surface area is 134 Å². The summed E-state index contributed by atoms with van der Waals surface area (Å²) in [7, 11) is 0. The molecule has 1 aliphatic rings.